The summed E-state index contributed by atoms with van der Waals surface area (Å²) >= 11 is 1.37. The molecule has 3 nitrogen and oxygen atoms in total. The number of alkyl halides is 3. The van der Waals surface area contributed by atoms with Crippen LogP contribution >= 0.6 is 11.3 Å². The van der Waals surface area contributed by atoms with E-state index in [4.69, 9.17) is 4.74 Å². The van der Waals surface area contributed by atoms with E-state index in [9.17, 15) is 18.0 Å². The van der Waals surface area contributed by atoms with Gasteiger partial charge in [0.25, 0.3) is 5.91 Å². The van der Waals surface area contributed by atoms with Crippen molar-refractivity contribution in [3.8, 4) is 5.75 Å². The van der Waals surface area contributed by atoms with Gasteiger partial charge in [-0.15, -0.1) is 0 Å². The van der Waals surface area contributed by atoms with E-state index >= 15 is 0 Å². The molecule has 0 saturated heterocycles. The summed E-state index contributed by atoms with van der Waals surface area (Å²) in [6.07, 6.45) is -4.45. The van der Waals surface area contributed by atoms with Gasteiger partial charge in [-0.2, -0.15) is 24.5 Å². The lowest BCUT2D eigenvalue weighted by atomic mass is 10.2. The van der Waals surface area contributed by atoms with Crippen molar-refractivity contribution in [3.63, 3.8) is 0 Å². The molecule has 0 bridgehead atoms. The zero-order valence-electron chi connectivity index (χ0n) is 12.5. The van der Waals surface area contributed by atoms with Gasteiger partial charge in [-0.25, -0.2) is 0 Å². The van der Waals surface area contributed by atoms with E-state index in [1.54, 1.807) is 35.0 Å². The van der Waals surface area contributed by atoms with Crippen LogP contribution in [-0.2, 0) is 11.3 Å². The minimum absolute atomic E-state index is 0.0843. The van der Waals surface area contributed by atoms with Crippen molar-refractivity contribution < 1.29 is 22.7 Å². The number of rotatable bonds is 6. The molecule has 124 valence electrons. The van der Waals surface area contributed by atoms with Crippen LogP contribution in [0.1, 0.15) is 11.1 Å². The van der Waals surface area contributed by atoms with E-state index in [-0.39, 0.29) is 6.54 Å². The Morgan fingerprint density at radius 3 is 2.70 bits per heavy atom. The van der Waals surface area contributed by atoms with Gasteiger partial charge in [0.15, 0.2) is 6.61 Å². The summed E-state index contributed by atoms with van der Waals surface area (Å²) in [6, 6.07) is 8.70. The molecule has 0 aliphatic carbocycles. The van der Waals surface area contributed by atoms with Gasteiger partial charge in [0.1, 0.15) is 12.3 Å². The molecule has 0 fully saturated rings. The Hall–Kier alpha value is -2.02. The highest BCUT2D eigenvalue weighted by Crippen LogP contribution is 2.20. The largest absolute Gasteiger partial charge is 0.484 e. The molecule has 0 spiro atoms. The summed E-state index contributed by atoms with van der Waals surface area (Å²) in [4.78, 5) is 12.9. The highest BCUT2D eigenvalue weighted by Gasteiger charge is 2.33. The van der Waals surface area contributed by atoms with Crippen LogP contribution < -0.4 is 4.74 Å². The van der Waals surface area contributed by atoms with Gasteiger partial charge < -0.3 is 9.64 Å². The van der Waals surface area contributed by atoms with Gasteiger partial charge in [0.05, 0.1) is 0 Å². The molecule has 1 amide bonds. The molecular weight excluding hydrogens is 327 g/mol. The van der Waals surface area contributed by atoms with Gasteiger partial charge in [-0.3, -0.25) is 4.79 Å². The number of thiophene rings is 1. The standard InChI is InChI=1S/C16H16F3NO2S/c1-12-3-2-4-14(7-12)22-9-15(21)20(11-16(17,18)19)8-13-5-6-23-10-13/h2-7,10H,8-9,11H2,1H3. The Labute approximate surface area is 136 Å². The van der Waals surface area contributed by atoms with Crippen LogP contribution in [0.25, 0.3) is 0 Å². The first-order valence-corrected chi connectivity index (χ1v) is 7.83. The zero-order valence-corrected chi connectivity index (χ0v) is 13.3. The Balaban J connectivity index is 2.00. The van der Waals surface area contributed by atoms with Crippen molar-refractivity contribution in [3.05, 3.63) is 52.2 Å². The lowest BCUT2D eigenvalue weighted by molar-refractivity contribution is -0.163. The van der Waals surface area contributed by atoms with Crippen molar-refractivity contribution in [1.82, 2.24) is 4.90 Å². The predicted octanol–water partition coefficient (Wildman–Crippen LogP) is 4.03. The molecule has 0 atom stereocenters. The van der Waals surface area contributed by atoms with E-state index in [2.05, 4.69) is 0 Å². The van der Waals surface area contributed by atoms with Crippen molar-refractivity contribution in [2.45, 2.75) is 19.6 Å². The Morgan fingerprint density at radius 1 is 1.30 bits per heavy atom. The van der Waals surface area contributed by atoms with Crippen molar-refractivity contribution in [1.29, 1.82) is 0 Å². The maximum absolute atomic E-state index is 12.7. The third kappa shape index (κ3) is 5.94. The first-order valence-electron chi connectivity index (χ1n) is 6.88. The maximum atomic E-state index is 12.7. The molecule has 23 heavy (non-hydrogen) atoms. The lowest BCUT2D eigenvalue weighted by Gasteiger charge is -2.23. The second-order valence-corrected chi connectivity index (χ2v) is 5.88. The van der Waals surface area contributed by atoms with Crippen molar-refractivity contribution in [2.24, 2.45) is 0 Å². The summed E-state index contributed by atoms with van der Waals surface area (Å²) in [7, 11) is 0. The fraction of sp³-hybridized carbons (Fsp3) is 0.312. The zero-order chi connectivity index (χ0) is 16.9. The molecule has 0 aliphatic rings. The Morgan fingerprint density at radius 2 is 2.09 bits per heavy atom. The smallest absolute Gasteiger partial charge is 0.406 e. The fourth-order valence-electron chi connectivity index (χ4n) is 1.99. The van der Waals surface area contributed by atoms with Crippen LogP contribution in [0.15, 0.2) is 41.1 Å². The average Bonchev–Trinajstić information content (AvgIpc) is 2.96. The molecule has 0 aliphatic heterocycles. The minimum Gasteiger partial charge on any atom is -0.484 e. The third-order valence-corrected chi connectivity index (χ3v) is 3.76. The summed E-state index contributed by atoms with van der Waals surface area (Å²) in [5, 5.41) is 3.48. The van der Waals surface area contributed by atoms with E-state index in [0.29, 0.717) is 11.3 Å². The number of ether oxygens (including phenoxy) is 1. The van der Waals surface area contributed by atoms with E-state index in [1.165, 1.54) is 11.3 Å². The van der Waals surface area contributed by atoms with Crippen molar-refractivity contribution in [2.75, 3.05) is 13.2 Å². The number of hydrogen-bond donors (Lipinski definition) is 0. The minimum atomic E-state index is -4.45. The summed E-state index contributed by atoms with van der Waals surface area (Å²) < 4.78 is 43.3. The summed E-state index contributed by atoms with van der Waals surface area (Å²) in [5.74, 6) is -0.240. The number of amides is 1. The number of halogens is 3. The van der Waals surface area contributed by atoms with Crippen LogP contribution in [0.4, 0.5) is 13.2 Å². The average molecular weight is 343 g/mol. The molecule has 0 N–H and O–H groups in total. The number of benzene rings is 1. The van der Waals surface area contributed by atoms with Gasteiger partial charge in [0.2, 0.25) is 0 Å². The molecule has 0 radical (unpaired) electrons. The third-order valence-electron chi connectivity index (χ3n) is 3.03. The lowest BCUT2D eigenvalue weighted by Crippen LogP contribution is -2.40. The van der Waals surface area contributed by atoms with Gasteiger partial charge >= 0.3 is 6.18 Å². The number of carbonyl (C=O) groups excluding carboxylic acids is 1. The monoisotopic (exact) mass is 343 g/mol. The SMILES string of the molecule is Cc1cccc(OCC(=O)N(Cc2ccsc2)CC(F)(F)F)c1. The van der Waals surface area contributed by atoms with E-state index < -0.39 is 25.2 Å². The molecule has 2 rings (SSSR count). The van der Waals surface area contributed by atoms with Crippen LogP contribution in [0.5, 0.6) is 5.75 Å². The molecule has 1 heterocycles. The van der Waals surface area contributed by atoms with E-state index in [0.717, 1.165) is 10.5 Å². The summed E-state index contributed by atoms with van der Waals surface area (Å²) in [6.45, 7) is 0.0583. The second kappa shape index (κ2) is 7.50. The molecule has 1 aromatic carbocycles. The summed E-state index contributed by atoms with van der Waals surface area (Å²) in [5.41, 5.74) is 1.61. The van der Waals surface area contributed by atoms with Gasteiger partial charge in [0, 0.05) is 6.54 Å². The van der Waals surface area contributed by atoms with Crippen molar-refractivity contribution >= 4 is 17.2 Å². The molecule has 0 saturated carbocycles. The topological polar surface area (TPSA) is 29.5 Å². The van der Waals surface area contributed by atoms with Crippen LogP contribution in [0.2, 0.25) is 0 Å². The molecule has 1 aromatic heterocycles. The highest BCUT2D eigenvalue weighted by atomic mass is 32.1. The van der Waals surface area contributed by atoms with Gasteiger partial charge in [-0.1, -0.05) is 12.1 Å². The number of nitrogens with zero attached hydrogens (tertiary/aromatic N) is 1. The number of aryl methyl sites for hydroxylation is 1. The molecule has 7 heteroatoms. The Bertz CT molecular complexity index is 641. The maximum Gasteiger partial charge on any atom is 0.406 e. The fourth-order valence-corrected chi connectivity index (χ4v) is 2.65. The molecule has 2 aromatic rings. The van der Waals surface area contributed by atoms with Gasteiger partial charge in [-0.05, 0) is 47.0 Å². The van der Waals surface area contributed by atoms with E-state index in [1.807, 2.05) is 13.0 Å². The Kier molecular flexibility index (Phi) is 5.65. The normalized spacial score (nSPS) is 11.3. The van der Waals surface area contributed by atoms with Crippen LogP contribution in [0, 0.1) is 6.92 Å². The second-order valence-electron chi connectivity index (χ2n) is 5.10. The van der Waals surface area contributed by atoms with Crippen LogP contribution in [0.3, 0.4) is 0 Å². The van der Waals surface area contributed by atoms with Crippen LogP contribution in [-0.4, -0.2) is 30.1 Å². The molecular formula is C16H16F3NO2S. The number of carbonyl (C=O) groups is 1. The molecule has 0 unspecified atom stereocenters. The number of hydrogen-bond acceptors (Lipinski definition) is 3. The predicted molar refractivity (Wildman–Crippen MR) is 82.5 cm³/mol. The first-order chi connectivity index (χ1) is 10.8. The highest BCUT2D eigenvalue weighted by molar-refractivity contribution is 7.07. The quantitative estimate of drug-likeness (QED) is 0.793. The first kappa shape index (κ1) is 17.3.